The van der Waals surface area contributed by atoms with E-state index in [0.717, 1.165) is 11.1 Å². The second-order valence-corrected chi connectivity index (χ2v) is 6.45. The molecule has 0 atom stereocenters. The molecule has 0 spiro atoms. The average molecular weight is 296 g/mol. The smallest absolute Gasteiger partial charge is 0.261 e. The summed E-state index contributed by atoms with van der Waals surface area (Å²) < 4.78 is 27.1. The van der Waals surface area contributed by atoms with E-state index in [1.165, 1.54) is 12.1 Å². The number of halogens is 1. The van der Waals surface area contributed by atoms with E-state index in [4.69, 9.17) is 11.6 Å². The second-order valence-electron chi connectivity index (χ2n) is 4.33. The molecular weight excluding hydrogens is 282 g/mol. The molecule has 0 aliphatic heterocycles. The summed E-state index contributed by atoms with van der Waals surface area (Å²) in [5.74, 6) is 0. The van der Waals surface area contributed by atoms with Crippen LogP contribution in [-0.4, -0.2) is 8.42 Å². The van der Waals surface area contributed by atoms with Crippen LogP contribution in [0.5, 0.6) is 0 Å². The number of aryl methyl sites for hydroxylation is 2. The SMILES string of the molecule is Cc1cccc(C)c1NS(=O)(=O)c1ccc(Cl)cc1. The van der Waals surface area contributed by atoms with Crippen molar-refractivity contribution in [3.63, 3.8) is 0 Å². The predicted octanol–water partition coefficient (Wildman–Crippen LogP) is 3.76. The number of benzene rings is 2. The molecule has 0 aliphatic rings. The zero-order valence-corrected chi connectivity index (χ0v) is 12.2. The first kappa shape index (κ1) is 13.9. The fourth-order valence-corrected chi connectivity index (χ4v) is 3.11. The Balaban J connectivity index is 2.39. The number of sulfonamides is 1. The van der Waals surface area contributed by atoms with Gasteiger partial charge in [0.15, 0.2) is 0 Å². The first-order valence-corrected chi connectivity index (χ1v) is 7.61. The molecule has 2 rings (SSSR count). The molecule has 0 heterocycles. The molecule has 0 bridgehead atoms. The van der Waals surface area contributed by atoms with Crippen LogP contribution in [0.2, 0.25) is 5.02 Å². The number of nitrogens with one attached hydrogen (secondary N) is 1. The Morgan fingerprint density at radius 2 is 1.47 bits per heavy atom. The van der Waals surface area contributed by atoms with E-state index in [1.54, 1.807) is 12.1 Å². The van der Waals surface area contributed by atoms with Gasteiger partial charge in [-0.15, -0.1) is 0 Å². The zero-order valence-electron chi connectivity index (χ0n) is 10.6. The summed E-state index contributed by atoms with van der Waals surface area (Å²) in [5.41, 5.74) is 2.40. The maximum atomic E-state index is 12.3. The van der Waals surface area contributed by atoms with Crippen LogP contribution in [0.3, 0.4) is 0 Å². The van der Waals surface area contributed by atoms with Gasteiger partial charge in [-0.1, -0.05) is 29.8 Å². The Morgan fingerprint density at radius 3 is 2.00 bits per heavy atom. The third-order valence-corrected chi connectivity index (χ3v) is 4.46. The molecule has 2 aromatic carbocycles. The Labute approximate surface area is 118 Å². The summed E-state index contributed by atoms with van der Waals surface area (Å²) in [7, 11) is -3.58. The van der Waals surface area contributed by atoms with Gasteiger partial charge in [0, 0.05) is 5.02 Å². The summed E-state index contributed by atoms with van der Waals surface area (Å²) in [6.45, 7) is 3.74. The normalized spacial score (nSPS) is 11.3. The van der Waals surface area contributed by atoms with Crippen molar-refractivity contribution in [3.05, 3.63) is 58.6 Å². The van der Waals surface area contributed by atoms with Gasteiger partial charge in [0.1, 0.15) is 0 Å². The fourth-order valence-electron chi connectivity index (χ4n) is 1.78. The Bertz CT molecular complexity index is 674. The van der Waals surface area contributed by atoms with Crippen molar-refractivity contribution in [1.82, 2.24) is 0 Å². The molecule has 2 aromatic rings. The standard InChI is InChI=1S/C14H14ClNO2S/c1-10-4-3-5-11(2)14(10)16-19(17,18)13-8-6-12(15)7-9-13/h3-9,16H,1-2H3. The van der Waals surface area contributed by atoms with Crippen molar-refractivity contribution < 1.29 is 8.42 Å². The third-order valence-electron chi connectivity index (χ3n) is 2.84. The van der Waals surface area contributed by atoms with E-state index < -0.39 is 10.0 Å². The van der Waals surface area contributed by atoms with Crippen LogP contribution in [0.15, 0.2) is 47.4 Å². The van der Waals surface area contributed by atoms with E-state index in [0.29, 0.717) is 10.7 Å². The third kappa shape index (κ3) is 3.08. The molecule has 0 aliphatic carbocycles. The van der Waals surface area contributed by atoms with Gasteiger partial charge >= 0.3 is 0 Å². The number of anilines is 1. The monoisotopic (exact) mass is 295 g/mol. The Hall–Kier alpha value is -1.52. The van der Waals surface area contributed by atoms with Crippen LogP contribution < -0.4 is 4.72 Å². The zero-order chi connectivity index (χ0) is 14.0. The summed E-state index contributed by atoms with van der Waals surface area (Å²) in [6.07, 6.45) is 0. The van der Waals surface area contributed by atoms with Crippen LogP contribution in [0, 0.1) is 13.8 Å². The molecule has 0 saturated carbocycles. The van der Waals surface area contributed by atoms with Crippen LogP contribution in [0.1, 0.15) is 11.1 Å². The summed E-state index contributed by atoms with van der Waals surface area (Å²) >= 11 is 5.76. The number of rotatable bonds is 3. The van der Waals surface area contributed by atoms with Crippen molar-refractivity contribution in [3.8, 4) is 0 Å². The molecule has 0 aromatic heterocycles. The van der Waals surface area contributed by atoms with Crippen LogP contribution in [-0.2, 0) is 10.0 Å². The molecule has 0 radical (unpaired) electrons. The second kappa shape index (κ2) is 5.23. The Kier molecular flexibility index (Phi) is 3.83. The summed E-state index contributed by atoms with van der Waals surface area (Å²) in [4.78, 5) is 0.194. The van der Waals surface area contributed by atoms with Crippen molar-refractivity contribution in [2.75, 3.05) is 4.72 Å². The lowest BCUT2D eigenvalue weighted by molar-refractivity contribution is 0.601. The van der Waals surface area contributed by atoms with Crippen LogP contribution in [0.25, 0.3) is 0 Å². The van der Waals surface area contributed by atoms with Gasteiger partial charge in [0.2, 0.25) is 0 Å². The fraction of sp³-hybridized carbons (Fsp3) is 0.143. The topological polar surface area (TPSA) is 46.2 Å². The maximum absolute atomic E-state index is 12.3. The molecule has 1 N–H and O–H groups in total. The highest BCUT2D eigenvalue weighted by atomic mass is 35.5. The maximum Gasteiger partial charge on any atom is 0.261 e. The molecule has 19 heavy (non-hydrogen) atoms. The van der Waals surface area contributed by atoms with E-state index in [2.05, 4.69) is 4.72 Å². The summed E-state index contributed by atoms with van der Waals surface area (Å²) in [5, 5.41) is 0.506. The molecule has 100 valence electrons. The highest BCUT2D eigenvalue weighted by molar-refractivity contribution is 7.92. The van der Waals surface area contributed by atoms with Crippen molar-refractivity contribution in [2.45, 2.75) is 18.7 Å². The minimum Gasteiger partial charge on any atom is -0.279 e. The van der Waals surface area contributed by atoms with Crippen molar-refractivity contribution >= 4 is 27.3 Å². The molecule has 3 nitrogen and oxygen atoms in total. The summed E-state index contributed by atoms with van der Waals surface area (Å²) in [6, 6.07) is 11.7. The minimum atomic E-state index is -3.58. The van der Waals surface area contributed by atoms with Gasteiger partial charge in [-0.3, -0.25) is 4.72 Å². The predicted molar refractivity (Wildman–Crippen MR) is 78.2 cm³/mol. The highest BCUT2D eigenvalue weighted by Gasteiger charge is 2.16. The number of hydrogen-bond acceptors (Lipinski definition) is 2. The molecule has 0 fully saturated rings. The minimum absolute atomic E-state index is 0.194. The average Bonchev–Trinajstić information content (AvgIpc) is 2.35. The first-order chi connectivity index (χ1) is 8.90. The van der Waals surface area contributed by atoms with E-state index in [9.17, 15) is 8.42 Å². The van der Waals surface area contributed by atoms with Crippen molar-refractivity contribution in [2.24, 2.45) is 0 Å². The van der Waals surface area contributed by atoms with Gasteiger partial charge in [0.05, 0.1) is 10.6 Å². The number of para-hydroxylation sites is 1. The highest BCUT2D eigenvalue weighted by Crippen LogP contribution is 2.23. The largest absolute Gasteiger partial charge is 0.279 e. The van der Waals surface area contributed by atoms with Gasteiger partial charge in [0.25, 0.3) is 10.0 Å². The van der Waals surface area contributed by atoms with E-state index in [-0.39, 0.29) is 4.90 Å². The molecular formula is C14H14ClNO2S. The molecule has 0 saturated heterocycles. The lowest BCUT2D eigenvalue weighted by atomic mass is 10.1. The number of hydrogen-bond donors (Lipinski definition) is 1. The van der Waals surface area contributed by atoms with Crippen LogP contribution >= 0.6 is 11.6 Å². The Morgan fingerprint density at radius 1 is 0.947 bits per heavy atom. The molecule has 0 amide bonds. The molecule has 0 unspecified atom stereocenters. The van der Waals surface area contributed by atoms with Gasteiger partial charge in [-0.05, 0) is 49.2 Å². The van der Waals surface area contributed by atoms with Crippen molar-refractivity contribution in [1.29, 1.82) is 0 Å². The van der Waals surface area contributed by atoms with Gasteiger partial charge in [-0.2, -0.15) is 0 Å². The van der Waals surface area contributed by atoms with E-state index >= 15 is 0 Å². The molecule has 5 heteroatoms. The quantitative estimate of drug-likeness (QED) is 0.937. The van der Waals surface area contributed by atoms with Gasteiger partial charge < -0.3 is 0 Å². The first-order valence-electron chi connectivity index (χ1n) is 5.75. The lowest BCUT2D eigenvalue weighted by Crippen LogP contribution is -2.14. The van der Waals surface area contributed by atoms with Crippen LogP contribution in [0.4, 0.5) is 5.69 Å². The van der Waals surface area contributed by atoms with E-state index in [1.807, 2.05) is 32.0 Å². The lowest BCUT2D eigenvalue weighted by Gasteiger charge is -2.13. The van der Waals surface area contributed by atoms with Gasteiger partial charge in [-0.25, -0.2) is 8.42 Å².